The maximum absolute atomic E-state index is 8.84. The molecule has 0 unspecified atom stereocenters. The fourth-order valence-electron chi connectivity index (χ4n) is 2.13. The Balaban J connectivity index is 2.45. The van der Waals surface area contributed by atoms with E-state index < -0.39 is 0 Å². The zero-order valence-electron chi connectivity index (χ0n) is 13.8. The molecule has 0 aliphatic heterocycles. The van der Waals surface area contributed by atoms with Crippen molar-refractivity contribution in [3.63, 3.8) is 0 Å². The van der Waals surface area contributed by atoms with E-state index in [2.05, 4.69) is 23.7 Å². The van der Waals surface area contributed by atoms with Crippen LogP contribution in [-0.4, -0.2) is 33.0 Å². The molecule has 0 aromatic heterocycles. The van der Waals surface area contributed by atoms with Crippen molar-refractivity contribution in [3.8, 4) is 40.9 Å². The molecule has 4 nitrogen and oxygen atoms in total. The second-order valence-corrected chi connectivity index (χ2v) is 4.67. The van der Waals surface area contributed by atoms with Gasteiger partial charge < -0.3 is 19.3 Å². The molecule has 1 N–H and O–H groups in total. The van der Waals surface area contributed by atoms with Crippen molar-refractivity contribution in [2.24, 2.45) is 0 Å². The molecule has 2 rings (SSSR count). The molecule has 24 heavy (non-hydrogen) atoms. The average Bonchev–Trinajstić information content (AvgIpc) is 2.64. The molecule has 0 radical (unpaired) electrons. The number of rotatable bonds is 3. The number of ether oxygens (including phenoxy) is 3. The first kappa shape index (κ1) is 17.3. The highest BCUT2D eigenvalue weighted by molar-refractivity contribution is 5.59. The smallest absolute Gasteiger partial charge is 0.203 e. The predicted octanol–water partition coefficient (Wildman–Crippen LogP) is 2.46. The summed E-state index contributed by atoms with van der Waals surface area (Å²) in [6, 6.07) is 11.1. The lowest BCUT2D eigenvalue weighted by Gasteiger charge is -2.12. The van der Waals surface area contributed by atoms with Crippen molar-refractivity contribution in [3.05, 3.63) is 53.1 Å². The normalized spacial score (nSPS) is 9.17. The zero-order chi connectivity index (χ0) is 17.4. The molecule has 0 heterocycles. The fourth-order valence-corrected chi connectivity index (χ4v) is 2.13. The van der Waals surface area contributed by atoms with E-state index in [9.17, 15) is 0 Å². The van der Waals surface area contributed by atoms with Gasteiger partial charge in [0, 0.05) is 16.7 Å². The number of benzene rings is 2. The van der Waals surface area contributed by atoms with E-state index >= 15 is 0 Å². The summed E-state index contributed by atoms with van der Waals surface area (Å²) in [5.74, 6) is 13.3. The van der Waals surface area contributed by atoms with Crippen molar-refractivity contribution in [1.29, 1.82) is 0 Å². The van der Waals surface area contributed by atoms with Crippen molar-refractivity contribution in [2.45, 2.75) is 0 Å². The Labute approximate surface area is 142 Å². The molecule has 0 spiro atoms. The van der Waals surface area contributed by atoms with Gasteiger partial charge in [-0.25, -0.2) is 0 Å². The summed E-state index contributed by atoms with van der Waals surface area (Å²) < 4.78 is 16.0. The molecule has 2 aromatic rings. The molecule has 4 heteroatoms. The third kappa shape index (κ3) is 4.01. The molecule has 0 saturated heterocycles. The molecule has 2 aromatic carbocycles. The first-order valence-electron chi connectivity index (χ1n) is 7.24. The van der Waals surface area contributed by atoms with Crippen LogP contribution in [0.2, 0.25) is 0 Å². The SMILES string of the molecule is COc1cc(C#Cc2ccccc2C#CCO)cc(OC)c1OC. The number of hydrogen-bond donors (Lipinski definition) is 1. The minimum atomic E-state index is -0.186. The third-order valence-corrected chi connectivity index (χ3v) is 3.24. The van der Waals surface area contributed by atoms with Crippen LogP contribution < -0.4 is 14.2 Å². The van der Waals surface area contributed by atoms with E-state index in [0.29, 0.717) is 17.2 Å². The van der Waals surface area contributed by atoms with Crippen molar-refractivity contribution >= 4 is 0 Å². The summed E-state index contributed by atoms with van der Waals surface area (Å²) in [4.78, 5) is 0. The van der Waals surface area contributed by atoms with Crippen molar-refractivity contribution < 1.29 is 19.3 Å². The highest BCUT2D eigenvalue weighted by atomic mass is 16.5. The minimum Gasteiger partial charge on any atom is -0.493 e. The van der Waals surface area contributed by atoms with Crippen LogP contribution in [0.4, 0.5) is 0 Å². The first-order valence-corrected chi connectivity index (χ1v) is 7.24. The molecule has 0 atom stereocenters. The van der Waals surface area contributed by atoms with Gasteiger partial charge in [-0.15, -0.1) is 0 Å². The predicted molar refractivity (Wildman–Crippen MR) is 92.5 cm³/mol. The van der Waals surface area contributed by atoms with Gasteiger partial charge in [0.25, 0.3) is 0 Å². The Morgan fingerprint density at radius 3 is 1.92 bits per heavy atom. The van der Waals surface area contributed by atoms with Gasteiger partial charge in [-0.3, -0.25) is 0 Å². The van der Waals surface area contributed by atoms with Gasteiger partial charge >= 0.3 is 0 Å². The third-order valence-electron chi connectivity index (χ3n) is 3.24. The lowest BCUT2D eigenvalue weighted by Crippen LogP contribution is -1.95. The summed E-state index contributed by atoms with van der Waals surface area (Å²) in [5, 5.41) is 8.84. The lowest BCUT2D eigenvalue weighted by molar-refractivity contribution is 0.324. The molecule has 0 aliphatic carbocycles. The zero-order valence-corrected chi connectivity index (χ0v) is 13.8. The van der Waals surface area contributed by atoms with Crippen LogP contribution in [0.5, 0.6) is 17.2 Å². The Kier molecular flexibility index (Phi) is 6.14. The summed E-state index contributed by atoms with van der Waals surface area (Å²) in [5.41, 5.74) is 2.29. The first-order chi connectivity index (χ1) is 11.7. The van der Waals surface area contributed by atoms with Crippen LogP contribution in [0.3, 0.4) is 0 Å². The summed E-state index contributed by atoms with van der Waals surface area (Å²) in [6.07, 6.45) is 0. The van der Waals surface area contributed by atoms with Crippen LogP contribution in [0.15, 0.2) is 36.4 Å². The average molecular weight is 322 g/mol. The lowest BCUT2D eigenvalue weighted by atomic mass is 10.1. The van der Waals surface area contributed by atoms with Gasteiger partial charge in [0.05, 0.1) is 21.3 Å². The Morgan fingerprint density at radius 2 is 1.42 bits per heavy atom. The molecule has 122 valence electrons. The van der Waals surface area contributed by atoms with E-state index in [4.69, 9.17) is 19.3 Å². The Bertz CT molecular complexity index is 807. The topological polar surface area (TPSA) is 47.9 Å². The fraction of sp³-hybridized carbons (Fsp3) is 0.200. The molecule has 0 saturated carbocycles. The van der Waals surface area contributed by atoms with Gasteiger partial charge in [-0.1, -0.05) is 35.8 Å². The Morgan fingerprint density at radius 1 is 0.833 bits per heavy atom. The molecule has 0 fully saturated rings. The van der Waals surface area contributed by atoms with Gasteiger partial charge in [-0.2, -0.15) is 0 Å². The highest BCUT2D eigenvalue weighted by Crippen LogP contribution is 2.37. The summed E-state index contributed by atoms with van der Waals surface area (Å²) in [7, 11) is 4.68. The molecule has 0 amide bonds. The maximum atomic E-state index is 8.84. The quantitative estimate of drug-likeness (QED) is 0.882. The molecular weight excluding hydrogens is 304 g/mol. The van der Waals surface area contributed by atoms with Gasteiger partial charge in [0.15, 0.2) is 11.5 Å². The number of hydrogen-bond acceptors (Lipinski definition) is 4. The standard InChI is InChI=1S/C20H18O4/c1-22-18-13-15(14-19(23-2)20(18)24-3)10-11-17-8-5-4-7-16(17)9-6-12-21/h4-5,7-8,13-14,21H,12H2,1-3H3. The van der Waals surface area contributed by atoms with E-state index in [0.717, 1.165) is 16.7 Å². The molecule has 0 aliphatic rings. The second kappa shape index (κ2) is 8.53. The molecule has 0 bridgehead atoms. The van der Waals surface area contributed by atoms with Crippen molar-refractivity contribution in [2.75, 3.05) is 27.9 Å². The monoisotopic (exact) mass is 322 g/mol. The highest BCUT2D eigenvalue weighted by Gasteiger charge is 2.12. The summed E-state index contributed by atoms with van der Waals surface area (Å²) >= 11 is 0. The van der Waals surface area contributed by atoms with Crippen LogP contribution in [0.1, 0.15) is 16.7 Å². The van der Waals surface area contributed by atoms with Gasteiger partial charge in [-0.05, 0) is 24.3 Å². The second-order valence-electron chi connectivity index (χ2n) is 4.67. The number of aliphatic hydroxyl groups is 1. The van der Waals surface area contributed by atoms with Crippen LogP contribution >= 0.6 is 0 Å². The van der Waals surface area contributed by atoms with Crippen LogP contribution in [-0.2, 0) is 0 Å². The van der Waals surface area contributed by atoms with Crippen molar-refractivity contribution in [1.82, 2.24) is 0 Å². The number of methoxy groups -OCH3 is 3. The maximum Gasteiger partial charge on any atom is 0.203 e. The van der Waals surface area contributed by atoms with Crippen LogP contribution in [0, 0.1) is 23.7 Å². The largest absolute Gasteiger partial charge is 0.493 e. The van der Waals surface area contributed by atoms with E-state index in [1.807, 2.05) is 24.3 Å². The van der Waals surface area contributed by atoms with E-state index in [1.54, 1.807) is 33.5 Å². The summed E-state index contributed by atoms with van der Waals surface area (Å²) in [6.45, 7) is -0.186. The van der Waals surface area contributed by atoms with Gasteiger partial charge in [0.1, 0.15) is 6.61 Å². The molecular formula is C20H18O4. The van der Waals surface area contributed by atoms with E-state index in [1.165, 1.54) is 0 Å². The number of aliphatic hydroxyl groups excluding tert-OH is 1. The van der Waals surface area contributed by atoms with Crippen LogP contribution in [0.25, 0.3) is 0 Å². The Hall–Kier alpha value is -3.08. The minimum absolute atomic E-state index is 0.186. The van der Waals surface area contributed by atoms with Gasteiger partial charge in [0.2, 0.25) is 5.75 Å². The van der Waals surface area contributed by atoms with E-state index in [-0.39, 0.29) is 6.61 Å².